The van der Waals surface area contributed by atoms with Crippen LogP contribution in [0.5, 0.6) is 0 Å². The Bertz CT molecular complexity index is 605. The lowest BCUT2D eigenvalue weighted by Gasteiger charge is -2.13. The lowest BCUT2D eigenvalue weighted by Crippen LogP contribution is -2.33. The Morgan fingerprint density at radius 2 is 0.718 bits per heavy atom. The first kappa shape index (κ1) is 35.5. The number of carbonyl (C=O) groups is 2. The first-order chi connectivity index (χ1) is 19.1. The lowest BCUT2D eigenvalue weighted by molar-refractivity contribution is -0.137. The Balaban J connectivity index is 1.64. The van der Waals surface area contributed by atoms with E-state index in [9.17, 15) is 9.59 Å². The van der Waals surface area contributed by atoms with Gasteiger partial charge < -0.3 is 47.5 Å². The first-order valence-corrected chi connectivity index (χ1v) is 13.5. The number of hydrogen-bond donors (Lipinski definition) is 0. The van der Waals surface area contributed by atoms with Crippen molar-refractivity contribution in [3.05, 3.63) is 12.2 Å². The highest BCUT2D eigenvalue weighted by atomic mass is 16.6. The predicted octanol–water partition coefficient (Wildman–Crippen LogP) is -0.378. The van der Waals surface area contributed by atoms with E-state index in [0.29, 0.717) is 112 Å². The summed E-state index contributed by atoms with van der Waals surface area (Å²) in [4.78, 5) is 26.0. The largest absolute Gasteiger partial charge is 0.378 e. The van der Waals surface area contributed by atoms with Crippen molar-refractivity contribution in [3.8, 4) is 0 Å². The summed E-state index contributed by atoms with van der Waals surface area (Å²) in [5.41, 5.74) is 0. The average molecular weight is 565 g/mol. The van der Waals surface area contributed by atoms with E-state index in [1.807, 2.05) is 14.1 Å². The van der Waals surface area contributed by atoms with E-state index < -0.39 is 0 Å². The molecule has 0 radical (unpaired) electrons. The molecular weight excluding hydrogens is 516 g/mol. The minimum atomic E-state index is -0.303. The number of nitrogens with zero attached hydrogens (tertiary/aromatic N) is 2. The number of amides is 2. The van der Waals surface area contributed by atoms with Gasteiger partial charge in [0.15, 0.2) is 0 Å². The molecule has 1 rings (SSSR count). The van der Waals surface area contributed by atoms with Crippen LogP contribution in [0.25, 0.3) is 0 Å². The second-order valence-corrected chi connectivity index (χ2v) is 8.48. The quantitative estimate of drug-likeness (QED) is 0.0835. The zero-order chi connectivity index (χ0) is 28.2. The highest BCUT2D eigenvalue weighted by Crippen LogP contribution is 2.02. The normalized spacial score (nSPS) is 13.5. The van der Waals surface area contributed by atoms with Gasteiger partial charge in [0.05, 0.1) is 125 Å². The van der Waals surface area contributed by atoms with Crippen molar-refractivity contribution < 1.29 is 52.2 Å². The molecule has 1 heterocycles. The molecule has 0 spiro atoms. The Labute approximate surface area is 232 Å². The summed E-state index contributed by atoms with van der Waals surface area (Å²) in [6, 6.07) is 0. The molecule has 39 heavy (non-hydrogen) atoms. The Morgan fingerprint density at radius 3 is 1.00 bits per heavy atom. The van der Waals surface area contributed by atoms with Crippen molar-refractivity contribution >= 4 is 11.8 Å². The molecule has 0 aliphatic carbocycles. The monoisotopic (exact) mass is 564 g/mol. The predicted molar refractivity (Wildman–Crippen MR) is 142 cm³/mol. The van der Waals surface area contributed by atoms with Crippen LogP contribution in [0.2, 0.25) is 0 Å². The molecule has 0 aromatic rings. The summed E-state index contributed by atoms with van der Waals surface area (Å²) < 4.78 is 48.8. The van der Waals surface area contributed by atoms with Crippen molar-refractivity contribution in [1.82, 2.24) is 9.80 Å². The van der Waals surface area contributed by atoms with Gasteiger partial charge in [0.1, 0.15) is 0 Å². The molecule has 2 amide bonds. The van der Waals surface area contributed by atoms with Gasteiger partial charge in [-0.3, -0.25) is 14.5 Å². The molecule has 0 atom stereocenters. The maximum absolute atomic E-state index is 11.4. The third-order valence-electron chi connectivity index (χ3n) is 5.02. The minimum Gasteiger partial charge on any atom is -0.378 e. The topological polar surface area (TPSA) is 124 Å². The van der Waals surface area contributed by atoms with Gasteiger partial charge in [-0.15, -0.1) is 0 Å². The molecule has 0 saturated carbocycles. The Hall–Kier alpha value is -1.52. The molecule has 13 heteroatoms. The van der Waals surface area contributed by atoms with Crippen LogP contribution in [0.3, 0.4) is 0 Å². The average Bonchev–Trinajstić information content (AvgIpc) is 3.24. The van der Waals surface area contributed by atoms with E-state index in [1.54, 1.807) is 0 Å². The highest BCUT2D eigenvalue weighted by Gasteiger charge is 2.22. The van der Waals surface area contributed by atoms with Crippen LogP contribution in [-0.2, 0) is 52.2 Å². The van der Waals surface area contributed by atoms with Crippen molar-refractivity contribution in [3.63, 3.8) is 0 Å². The summed E-state index contributed by atoms with van der Waals surface area (Å²) in [6.07, 6.45) is 2.51. The van der Waals surface area contributed by atoms with E-state index in [2.05, 4.69) is 4.90 Å². The Morgan fingerprint density at radius 1 is 0.462 bits per heavy atom. The van der Waals surface area contributed by atoms with Gasteiger partial charge in [-0.2, -0.15) is 0 Å². The number of imide groups is 1. The van der Waals surface area contributed by atoms with E-state index in [1.165, 1.54) is 12.2 Å². The molecule has 0 aromatic carbocycles. The smallest absolute Gasteiger partial charge is 0.253 e. The molecule has 0 fully saturated rings. The second-order valence-electron chi connectivity index (χ2n) is 8.48. The van der Waals surface area contributed by atoms with Crippen molar-refractivity contribution in [1.29, 1.82) is 0 Å². The van der Waals surface area contributed by atoms with Gasteiger partial charge in [0.25, 0.3) is 11.8 Å². The van der Waals surface area contributed by atoms with Crippen LogP contribution in [0.1, 0.15) is 0 Å². The molecule has 0 N–H and O–H groups in total. The molecule has 228 valence electrons. The Kier molecular flexibility index (Phi) is 24.3. The summed E-state index contributed by atoms with van der Waals surface area (Å²) in [6.45, 7) is 10.1. The fraction of sp³-hybridized carbons (Fsp3) is 0.846. The SMILES string of the molecule is CN(C)CCOCCOCCOCCOCCOCCOCCOCCOCCOCCN1C(=O)C=CC1=O. The number of rotatable bonds is 30. The first-order valence-electron chi connectivity index (χ1n) is 13.5. The van der Waals surface area contributed by atoms with Gasteiger partial charge in [0, 0.05) is 18.7 Å². The maximum atomic E-state index is 11.4. The van der Waals surface area contributed by atoms with Crippen molar-refractivity contribution in [2.45, 2.75) is 0 Å². The van der Waals surface area contributed by atoms with Crippen LogP contribution in [0.15, 0.2) is 12.2 Å². The summed E-state index contributed by atoms with van der Waals surface area (Å²) in [5, 5.41) is 0. The number of hydrogen-bond acceptors (Lipinski definition) is 12. The van der Waals surface area contributed by atoms with Crippen LogP contribution in [0, 0.1) is 0 Å². The van der Waals surface area contributed by atoms with E-state index in [-0.39, 0.29) is 25.0 Å². The molecule has 1 aliphatic heterocycles. The lowest BCUT2D eigenvalue weighted by atomic mass is 10.5. The standard InChI is InChI=1S/C26H48N2O11/c1-27(2)5-7-31-9-11-33-13-15-35-17-19-37-21-23-39-24-22-38-20-18-36-16-14-34-12-10-32-8-6-28-25(29)3-4-26(28)30/h3-4H,5-24H2,1-2H3. The summed E-state index contributed by atoms with van der Waals surface area (Å²) >= 11 is 0. The van der Waals surface area contributed by atoms with E-state index in [4.69, 9.17) is 42.6 Å². The third kappa shape index (κ3) is 22.9. The molecule has 13 nitrogen and oxygen atoms in total. The number of ether oxygens (including phenoxy) is 9. The van der Waals surface area contributed by atoms with E-state index in [0.717, 1.165) is 11.4 Å². The van der Waals surface area contributed by atoms with Crippen LogP contribution >= 0.6 is 0 Å². The third-order valence-corrected chi connectivity index (χ3v) is 5.02. The second kappa shape index (κ2) is 26.7. The van der Waals surface area contributed by atoms with Crippen molar-refractivity contribution in [2.24, 2.45) is 0 Å². The van der Waals surface area contributed by atoms with Gasteiger partial charge in [0.2, 0.25) is 0 Å². The maximum Gasteiger partial charge on any atom is 0.253 e. The van der Waals surface area contributed by atoms with Gasteiger partial charge in [-0.1, -0.05) is 0 Å². The molecule has 0 bridgehead atoms. The summed E-state index contributed by atoms with van der Waals surface area (Å²) in [7, 11) is 4.03. The molecule has 0 aromatic heterocycles. The van der Waals surface area contributed by atoms with Crippen molar-refractivity contribution in [2.75, 3.05) is 146 Å². The van der Waals surface area contributed by atoms with E-state index >= 15 is 0 Å². The fourth-order valence-electron chi connectivity index (χ4n) is 2.92. The molecule has 0 saturated heterocycles. The zero-order valence-corrected chi connectivity index (χ0v) is 23.7. The minimum absolute atomic E-state index is 0.244. The van der Waals surface area contributed by atoms with Crippen LogP contribution in [-0.4, -0.2) is 168 Å². The number of likely N-dealkylation sites (N-methyl/N-ethyl adjacent to an activating group) is 1. The molecule has 1 aliphatic rings. The van der Waals surface area contributed by atoms with Gasteiger partial charge in [-0.25, -0.2) is 0 Å². The number of carbonyl (C=O) groups excluding carboxylic acids is 2. The van der Waals surface area contributed by atoms with Crippen LogP contribution < -0.4 is 0 Å². The molecular formula is C26H48N2O11. The zero-order valence-electron chi connectivity index (χ0n) is 23.7. The summed E-state index contributed by atoms with van der Waals surface area (Å²) in [5.74, 6) is -0.606. The van der Waals surface area contributed by atoms with Gasteiger partial charge >= 0.3 is 0 Å². The van der Waals surface area contributed by atoms with Gasteiger partial charge in [-0.05, 0) is 14.1 Å². The fourth-order valence-corrected chi connectivity index (χ4v) is 2.92. The highest BCUT2D eigenvalue weighted by molar-refractivity contribution is 6.12. The molecule has 0 unspecified atom stereocenters. The van der Waals surface area contributed by atoms with Crippen LogP contribution in [0.4, 0.5) is 0 Å².